The van der Waals surface area contributed by atoms with Crippen molar-refractivity contribution in [1.82, 2.24) is 0 Å². The predicted molar refractivity (Wildman–Crippen MR) is 94.8 cm³/mol. The first-order valence-corrected chi connectivity index (χ1v) is 8.10. The molecule has 122 valence electrons. The lowest BCUT2D eigenvalue weighted by atomic mass is 10.2. The maximum Gasteiger partial charge on any atom is 0.234 e. The van der Waals surface area contributed by atoms with Gasteiger partial charge in [0.25, 0.3) is 0 Å². The molecule has 0 heterocycles. The topological polar surface area (TPSA) is 73.6 Å². The Morgan fingerprint density at radius 3 is 2.57 bits per heavy atom. The molecule has 0 saturated carbocycles. The van der Waals surface area contributed by atoms with Crippen molar-refractivity contribution in [3.63, 3.8) is 0 Å². The van der Waals surface area contributed by atoms with Gasteiger partial charge in [0.2, 0.25) is 5.91 Å². The maximum atomic E-state index is 12.1. The van der Waals surface area contributed by atoms with Crippen LogP contribution >= 0.6 is 23.4 Å². The van der Waals surface area contributed by atoms with Crippen molar-refractivity contribution in [1.29, 1.82) is 0 Å². The van der Waals surface area contributed by atoms with Crippen LogP contribution in [0.25, 0.3) is 0 Å². The van der Waals surface area contributed by atoms with Gasteiger partial charge in [-0.05, 0) is 18.2 Å². The Morgan fingerprint density at radius 2 is 1.91 bits per heavy atom. The van der Waals surface area contributed by atoms with E-state index in [9.17, 15) is 4.79 Å². The Morgan fingerprint density at radius 1 is 1.22 bits per heavy atom. The van der Waals surface area contributed by atoms with Gasteiger partial charge in [-0.3, -0.25) is 4.79 Å². The van der Waals surface area contributed by atoms with Crippen molar-refractivity contribution in [3.8, 4) is 11.5 Å². The summed E-state index contributed by atoms with van der Waals surface area (Å²) in [5, 5.41) is 3.17. The van der Waals surface area contributed by atoms with Crippen LogP contribution in [0.1, 0.15) is 0 Å². The molecule has 23 heavy (non-hydrogen) atoms. The fourth-order valence-electron chi connectivity index (χ4n) is 1.90. The van der Waals surface area contributed by atoms with Crippen molar-refractivity contribution in [2.75, 3.05) is 31.0 Å². The smallest absolute Gasteiger partial charge is 0.234 e. The molecular formula is C16H17ClN2O3S. The summed E-state index contributed by atoms with van der Waals surface area (Å²) in [6, 6.07) is 10.6. The van der Waals surface area contributed by atoms with E-state index >= 15 is 0 Å². The second-order valence-corrected chi connectivity index (χ2v) is 5.99. The summed E-state index contributed by atoms with van der Waals surface area (Å²) < 4.78 is 10.4. The van der Waals surface area contributed by atoms with Crippen LogP contribution in [-0.4, -0.2) is 25.9 Å². The van der Waals surface area contributed by atoms with Gasteiger partial charge in [-0.25, -0.2) is 0 Å². The first-order chi connectivity index (χ1) is 11.0. The van der Waals surface area contributed by atoms with Crippen LogP contribution < -0.4 is 20.5 Å². The number of benzene rings is 2. The number of nitrogens with two attached hydrogens (primary N) is 1. The third-order valence-corrected chi connectivity index (χ3v) is 4.41. The molecule has 1 amide bonds. The second-order valence-electron chi connectivity index (χ2n) is 4.56. The van der Waals surface area contributed by atoms with Crippen molar-refractivity contribution < 1.29 is 14.3 Å². The van der Waals surface area contributed by atoms with E-state index < -0.39 is 0 Å². The summed E-state index contributed by atoms with van der Waals surface area (Å²) in [5.41, 5.74) is 6.99. The first kappa shape index (κ1) is 17.3. The Bertz CT molecular complexity index is 710. The van der Waals surface area contributed by atoms with Crippen LogP contribution in [0.3, 0.4) is 0 Å². The number of amides is 1. The fraction of sp³-hybridized carbons (Fsp3) is 0.188. The van der Waals surface area contributed by atoms with Crippen LogP contribution in [0.5, 0.6) is 11.5 Å². The number of carbonyl (C=O) groups is 1. The fourth-order valence-corrected chi connectivity index (χ4v) is 2.91. The van der Waals surface area contributed by atoms with Crippen LogP contribution in [0.2, 0.25) is 5.02 Å². The molecule has 0 radical (unpaired) electrons. The molecule has 0 saturated heterocycles. The molecule has 0 aliphatic rings. The van der Waals surface area contributed by atoms with Crippen molar-refractivity contribution in [2.24, 2.45) is 0 Å². The van der Waals surface area contributed by atoms with E-state index in [2.05, 4.69) is 5.32 Å². The number of carbonyl (C=O) groups excluding carboxylic acids is 1. The monoisotopic (exact) mass is 352 g/mol. The number of hydrogen-bond donors (Lipinski definition) is 2. The molecule has 0 aliphatic heterocycles. The maximum absolute atomic E-state index is 12.1. The average molecular weight is 353 g/mol. The number of para-hydroxylation sites is 1. The third kappa shape index (κ3) is 4.46. The molecule has 0 spiro atoms. The van der Waals surface area contributed by atoms with Gasteiger partial charge in [-0.15, -0.1) is 11.8 Å². The molecule has 0 aromatic heterocycles. The lowest BCUT2D eigenvalue weighted by Crippen LogP contribution is -2.15. The SMILES string of the molecule is COc1cc(OC)c(NC(=O)CSc2ccccc2N)cc1Cl. The Hall–Kier alpha value is -2.05. The summed E-state index contributed by atoms with van der Waals surface area (Å²) >= 11 is 7.45. The minimum Gasteiger partial charge on any atom is -0.495 e. The predicted octanol–water partition coefficient (Wildman–Crippen LogP) is 3.67. The van der Waals surface area contributed by atoms with E-state index in [1.165, 1.54) is 26.0 Å². The van der Waals surface area contributed by atoms with Gasteiger partial charge >= 0.3 is 0 Å². The summed E-state index contributed by atoms with van der Waals surface area (Å²) in [5.74, 6) is 0.996. The van der Waals surface area contributed by atoms with Crippen molar-refractivity contribution in [2.45, 2.75) is 4.90 Å². The third-order valence-electron chi connectivity index (χ3n) is 3.03. The van der Waals surface area contributed by atoms with Crippen LogP contribution in [-0.2, 0) is 4.79 Å². The minimum absolute atomic E-state index is 0.183. The number of hydrogen-bond acceptors (Lipinski definition) is 5. The Kier molecular flexibility index (Phi) is 6.01. The molecule has 2 aromatic carbocycles. The van der Waals surface area contributed by atoms with E-state index in [-0.39, 0.29) is 11.7 Å². The van der Waals surface area contributed by atoms with E-state index in [1.807, 2.05) is 18.2 Å². The first-order valence-electron chi connectivity index (χ1n) is 6.73. The molecule has 0 unspecified atom stereocenters. The summed E-state index contributed by atoms with van der Waals surface area (Å²) in [4.78, 5) is 13.0. The Balaban J connectivity index is 2.05. The van der Waals surface area contributed by atoms with Gasteiger partial charge in [0.15, 0.2) is 0 Å². The van der Waals surface area contributed by atoms with Gasteiger partial charge < -0.3 is 20.5 Å². The number of anilines is 2. The summed E-state index contributed by atoms with van der Waals surface area (Å²) in [6.07, 6.45) is 0. The van der Waals surface area contributed by atoms with Crippen molar-refractivity contribution in [3.05, 3.63) is 41.4 Å². The summed E-state index contributed by atoms with van der Waals surface area (Å²) in [7, 11) is 3.03. The molecule has 2 rings (SSSR count). The molecule has 0 fully saturated rings. The highest BCUT2D eigenvalue weighted by atomic mass is 35.5. The van der Waals surface area contributed by atoms with Gasteiger partial charge in [0.1, 0.15) is 11.5 Å². The molecule has 7 heteroatoms. The number of ether oxygens (including phenoxy) is 2. The number of nitrogen functional groups attached to an aromatic ring is 1. The zero-order chi connectivity index (χ0) is 16.8. The highest BCUT2D eigenvalue weighted by Gasteiger charge is 2.13. The highest BCUT2D eigenvalue weighted by Crippen LogP contribution is 2.36. The molecule has 0 aliphatic carbocycles. The largest absolute Gasteiger partial charge is 0.495 e. The van der Waals surface area contributed by atoms with Crippen LogP contribution in [0.15, 0.2) is 41.3 Å². The van der Waals surface area contributed by atoms with E-state index in [4.69, 9.17) is 26.8 Å². The van der Waals surface area contributed by atoms with Gasteiger partial charge in [0.05, 0.1) is 30.7 Å². The zero-order valence-corrected chi connectivity index (χ0v) is 14.3. The molecule has 2 aromatic rings. The standard InChI is InChI=1S/C16H17ClN2O3S/c1-21-13-8-14(22-2)12(7-10(13)17)19-16(20)9-23-15-6-4-3-5-11(15)18/h3-8H,9,18H2,1-2H3,(H,19,20). The van der Waals surface area contributed by atoms with Gasteiger partial charge in [0, 0.05) is 16.6 Å². The number of methoxy groups -OCH3 is 2. The lowest BCUT2D eigenvalue weighted by Gasteiger charge is -2.13. The minimum atomic E-state index is -0.183. The van der Waals surface area contributed by atoms with Crippen molar-refractivity contribution >= 4 is 40.6 Å². The zero-order valence-electron chi connectivity index (χ0n) is 12.8. The second kappa shape index (κ2) is 7.99. The molecular weight excluding hydrogens is 336 g/mol. The normalized spacial score (nSPS) is 10.2. The molecule has 0 bridgehead atoms. The van der Waals surface area contributed by atoms with Gasteiger partial charge in [-0.1, -0.05) is 23.7 Å². The van der Waals surface area contributed by atoms with E-state index in [0.717, 1.165) is 4.90 Å². The van der Waals surface area contributed by atoms with E-state index in [0.29, 0.717) is 27.9 Å². The van der Waals surface area contributed by atoms with Crippen LogP contribution in [0, 0.1) is 0 Å². The number of rotatable bonds is 6. The molecule has 3 N–H and O–H groups in total. The van der Waals surface area contributed by atoms with E-state index in [1.54, 1.807) is 18.2 Å². The lowest BCUT2D eigenvalue weighted by molar-refractivity contribution is -0.113. The number of halogens is 1. The Labute approximate surface area is 144 Å². The number of nitrogens with one attached hydrogen (secondary N) is 1. The van der Waals surface area contributed by atoms with Gasteiger partial charge in [-0.2, -0.15) is 0 Å². The summed E-state index contributed by atoms with van der Waals surface area (Å²) in [6.45, 7) is 0. The van der Waals surface area contributed by atoms with Crippen LogP contribution in [0.4, 0.5) is 11.4 Å². The average Bonchev–Trinajstić information content (AvgIpc) is 2.54. The molecule has 5 nitrogen and oxygen atoms in total. The molecule has 0 atom stereocenters. The quantitative estimate of drug-likeness (QED) is 0.613. The highest BCUT2D eigenvalue weighted by molar-refractivity contribution is 8.00. The number of thioether (sulfide) groups is 1.